The van der Waals surface area contributed by atoms with E-state index in [-0.39, 0.29) is 30.5 Å². The number of hydrogen-bond donors (Lipinski definition) is 2. The molecule has 7 nitrogen and oxygen atoms in total. The maximum Gasteiger partial charge on any atom is 0.416 e. The topological polar surface area (TPSA) is 79.8 Å². The van der Waals surface area contributed by atoms with Crippen LogP contribution in [0.25, 0.3) is 5.65 Å². The summed E-state index contributed by atoms with van der Waals surface area (Å²) in [5.74, 6) is 1.94. The average Bonchev–Trinajstić information content (AvgIpc) is 3.45. The monoisotopic (exact) mass is 570 g/mol. The second kappa shape index (κ2) is 11.2. The van der Waals surface area contributed by atoms with Crippen molar-refractivity contribution in [3.05, 3.63) is 89.8 Å². The number of alkyl halides is 3. The van der Waals surface area contributed by atoms with Crippen molar-refractivity contribution in [1.82, 2.24) is 25.2 Å². The van der Waals surface area contributed by atoms with Crippen molar-refractivity contribution in [2.24, 2.45) is 4.99 Å². The molecule has 3 aromatic heterocycles. The second-order valence-corrected chi connectivity index (χ2v) is 7.02. The predicted octanol–water partition coefficient (Wildman–Crippen LogP) is 4.44. The fourth-order valence-electron chi connectivity index (χ4n) is 3.12. The summed E-state index contributed by atoms with van der Waals surface area (Å²) < 4.78 is 46.1. The number of hydrogen-bond acceptors (Lipinski definition) is 4. The van der Waals surface area contributed by atoms with E-state index < -0.39 is 11.7 Å². The Morgan fingerprint density at radius 2 is 1.91 bits per heavy atom. The number of pyridine rings is 1. The molecule has 0 fully saturated rings. The smallest absolute Gasteiger partial charge is 0.416 e. The molecule has 1 aromatic carbocycles. The van der Waals surface area contributed by atoms with Gasteiger partial charge in [-0.1, -0.05) is 18.2 Å². The molecule has 0 aliphatic heterocycles. The third kappa shape index (κ3) is 6.70. The highest BCUT2D eigenvalue weighted by Gasteiger charge is 2.30. The van der Waals surface area contributed by atoms with Crippen LogP contribution >= 0.6 is 24.0 Å². The van der Waals surface area contributed by atoms with Crippen LogP contribution in [0.5, 0.6) is 0 Å². The molecule has 3 heterocycles. The van der Waals surface area contributed by atoms with E-state index in [1.54, 1.807) is 12.3 Å². The van der Waals surface area contributed by atoms with Gasteiger partial charge in [0.2, 0.25) is 0 Å². The molecule has 174 valence electrons. The van der Waals surface area contributed by atoms with Crippen LogP contribution < -0.4 is 10.6 Å². The van der Waals surface area contributed by atoms with Gasteiger partial charge in [-0.05, 0) is 42.0 Å². The van der Waals surface area contributed by atoms with Crippen LogP contribution in [0.2, 0.25) is 0 Å². The quantitative estimate of drug-likeness (QED) is 0.195. The van der Waals surface area contributed by atoms with Gasteiger partial charge in [0.15, 0.2) is 17.4 Å². The minimum Gasteiger partial charge on any atom is -0.469 e. The Morgan fingerprint density at radius 1 is 1.03 bits per heavy atom. The molecule has 0 amide bonds. The third-order valence-electron chi connectivity index (χ3n) is 4.72. The Morgan fingerprint density at radius 3 is 2.70 bits per heavy atom. The zero-order chi connectivity index (χ0) is 22.4. The number of aromatic nitrogens is 3. The van der Waals surface area contributed by atoms with E-state index in [1.807, 2.05) is 40.9 Å². The Hall–Kier alpha value is -3.09. The Kier molecular flexibility index (Phi) is 8.31. The first-order valence-corrected chi connectivity index (χ1v) is 9.98. The third-order valence-corrected chi connectivity index (χ3v) is 4.72. The lowest BCUT2D eigenvalue weighted by Crippen LogP contribution is -2.38. The van der Waals surface area contributed by atoms with Crippen LogP contribution in [-0.4, -0.2) is 27.1 Å². The van der Waals surface area contributed by atoms with E-state index in [9.17, 15) is 13.2 Å². The Bertz CT molecular complexity index is 1190. The van der Waals surface area contributed by atoms with Crippen LogP contribution in [-0.2, 0) is 25.7 Å². The fourth-order valence-corrected chi connectivity index (χ4v) is 3.12. The molecular formula is C22H22F3IN6O. The van der Waals surface area contributed by atoms with E-state index in [1.165, 1.54) is 6.07 Å². The zero-order valence-corrected chi connectivity index (χ0v) is 19.7. The first-order chi connectivity index (χ1) is 15.5. The number of halogens is 4. The first kappa shape index (κ1) is 24.6. The van der Waals surface area contributed by atoms with Crippen molar-refractivity contribution in [3.8, 4) is 0 Å². The van der Waals surface area contributed by atoms with Gasteiger partial charge in [-0.25, -0.2) is 4.99 Å². The number of aliphatic imine (C=N–C) groups is 1. The van der Waals surface area contributed by atoms with Crippen molar-refractivity contribution >= 4 is 35.6 Å². The molecule has 0 saturated heterocycles. The molecule has 2 N–H and O–H groups in total. The SMILES string of the molecule is FC(F)(F)c1cccc(CN=C(NCCc2ccco2)NCc2nnc3ccccn23)c1.I. The van der Waals surface area contributed by atoms with Gasteiger partial charge < -0.3 is 15.1 Å². The number of benzene rings is 1. The number of fused-ring (bicyclic) bond motifs is 1. The van der Waals surface area contributed by atoms with E-state index >= 15 is 0 Å². The lowest BCUT2D eigenvalue weighted by molar-refractivity contribution is -0.137. The number of nitrogens with zero attached hydrogens (tertiary/aromatic N) is 4. The minimum atomic E-state index is -4.39. The first-order valence-electron chi connectivity index (χ1n) is 9.98. The van der Waals surface area contributed by atoms with Crippen LogP contribution in [0.15, 0.2) is 76.5 Å². The molecule has 0 saturated carbocycles. The molecule has 0 bridgehead atoms. The van der Waals surface area contributed by atoms with Crippen molar-refractivity contribution in [3.63, 3.8) is 0 Å². The van der Waals surface area contributed by atoms with Gasteiger partial charge in [-0.15, -0.1) is 34.2 Å². The number of furan rings is 1. The van der Waals surface area contributed by atoms with Crippen molar-refractivity contribution < 1.29 is 17.6 Å². The van der Waals surface area contributed by atoms with Gasteiger partial charge in [-0.3, -0.25) is 4.40 Å². The molecule has 0 aliphatic rings. The number of guanidine groups is 1. The Labute approximate surface area is 205 Å². The summed E-state index contributed by atoms with van der Waals surface area (Å²) in [5, 5.41) is 14.6. The molecule has 11 heteroatoms. The highest BCUT2D eigenvalue weighted by Crippen LogP contribution is 2.29. The van der Waals surface area contributed by atoms with Crippen molar-refractivity contribution in [2.75, 3.05) is 6.54 Å². The van der Waals surface area contributed by atoms with Crippen LogP contribution in [0.3, 0.4) is 0 Å². The number of rotatable bonds is 7. The molecule has 0 atom stereocenters. The maximum atomic E-state index is 13.0. The van der Waals surface area contributed by atoms with Gasteiger partial charge in [0.1, 0.15) is 5.76 Å². The highest BCUT2D eigenvalue weighted by molar-refractivity contribution is 14.0. The minimum absolute atomic E-state index is 0. The molecule has 0 radical (unpaired) electrons. The number of nitrogens with one attached hydrogen (secondary N) is 2. The normalized spacial score (nSPS) is 11.9. The molecule has 33 heavy (non-hydrogen) atoms. The van der Waals surface area contributed by atoms with Crippen molar-refractivity contribution in [2.45, 2.75) is 25.7 Å². The molecule has 4 aromatic rings. The molecule has 0 spiro atoms. The standard InChI is InChI=1S/C22H21F3N6O.HI/c23-22(24,25)17-6-3-5-16(13-17)14-27-21(26-10-9-18-7-4-12-32-18)28-15-20-30-29-19-8-1-2-11-31(19)20;/h1-8,11-13H,9-10,14-15H2,(H2,26,27,28);1H. The van der Waals surface area contributed by atoms with Gasteiger partial charge in [0.05, 0.1) is 24.9 Å². The van der Waals surface area contributed by atoms with Gasteiger partial charge in [0, 0.05) is 19.2 Å². The van der Waals surface area contributed by atoms with Gasteiger partial charge >= 0.3 is 6.18 Å². The summed E-state index contributed by atoms with van der Waals surface area (Å²) in [6.07, 6.45) is -0.301. The summed E-state index contributed by atoms with van der Waals surface area (Å²) in [7, 11) is 0. The lowest BCUT2D eigenvalue weighted by Gasteiger charge is -2.12. The summed E-state index contributed by atoms with van der Waals surface area (Å²) >= 11 is 0. The second-order valence-electron chi connectivity index (χ2n) is 7.02. The predicted molar refractivity (Wildman–Crippen MR) is 128 cm³/mol. The van der Waals surface area contributed by atoms with Gasteiger partial charge in [0.25, 0.3) is 0 Å². The van der Waals surface area contributed by atoms with E-state index in [2.05, 4.69) is 25.8 Å². The summed E-state index contributed by atoms with van der Waals surface area (Å²) in [6.45, 7) is 0.948. The lowest BCUT2D eigenvalue weighted by atomic mass is 10.1. The summed E-state index contributed by atoms with van der Waals surface area (Å²) in [5.41, 5.74) is 0.484. The van der Waals surface area contributed by atoms with E-state index in [0.717, 1.165) is 23.5 Å². The van der Waals surface area contributed by atoms with Gasteiger partial charge in [-0.2, -0.15) is 13.2 Å². The largest absolute Gasteiger partial charge is 0.469 e. The fraction of sp³-hybridized carbons (Fsp3) is 0.227. The zero-order valence-electron chi connectivity index (χ0n) is 17.4. The molecular weight excluding hydrogens is 548 g/mol. The Balaban J connectivity index is 0.00000306. The van der Waals surface area contributed by atoms with Crippen LogP contribution in [0.4, 0.5) is 13.2 Å². The highest BCUT2D eigenvalue weighted by atomic mass is 127. The summed E-state index contributed by atoms with van der Waals surface area (Å²) in [6, 6.07) is 14.4. The summed E-state index contributed by atoms with van der Waals surface area (Å²) in [4.78, 5) is 4.45. The average molecular weight is 570 g/mol. The maximum absolute atomic E-state index is 13.0. The molecule has 0 unspecified atom stereocenters. The molecule has 4 rings (SSSR count). The van der Waals surface area contributed by atoms with E-state index in [4.69, 9.17) is 4.42 Å². The van der Waals surface area contributed by atoms with Crippen LogP contribution in [0.1, 0.15) is 22.7 Å². The van der Waals surface area contributed by atoms with Crippen LogP contribution in [0, 0.1) is 0 Å². The van der Waals surface area contributed by atoms with E-state index in [0.29, 0.717) is 36.9 Å². The molecule has 0 aliphatic carbocycles. The van der Waals surface area contributed by atoms with Crippen molar-refractivity contribution in [1.29, 1.82) is 0 Å².